The molecule has 0 saturated carbocycles. The highest BCUT2D eigenvalue weighted by atomic mass is 14.4. The quantitative estimate of drug-likeness (QED) is 0.451. The molecular weight excluding hydrogens is 324 g/mol. The third-order valence-electron chi connectivity index (χ3n) is 6.55. The van der Waals surface area contributed by atoms with Crippen molar-refractivity contribution in [3.05, 3.63) is 89.1 Å². The largest absolute Gasteiger partial charge is 0.0958 e. The van der Waals surface area contributed by atoms with Crippen LogP contribution in [0.4, 0.5) is 0 Å². The second-order valence-corrected chi connectivity index (χ2v) is 8.37. The zero-order chi connectivity index (χ0) is 19.4. The van der Waals surface area contributed by atoms with Crippen molar-refractivity contribution in [1.82, 2.24) is 0 Å². The van der Waals surface area contributed by atoms with E-state index in [2.05, 4.69) is 88.9 Å². The van der Waals surface area contributed by atoms with Crippen LogP contribution < -0.4 is 0 Å². The molecule has 0 amide bonds. The monoisotopic (exact) mass is 358 g/mol. The van der Waals surface area contributed by atoms with Gasteiger partial charge in [-0.05, 0) is 67.1 Å². The molecule has 0 heterocycles. The molecule has 0 spiro atoms. The lowest BCUT2D eigenvalue weighted by Crippen LogP contribution is -2.28. The van der Waals surface area contributed by atoms with Crippen LogP contribution in [0.1, 0.15) is 65.4 Å². The second kappa shape index (κ2) is 8.30. The minimum Gasteiger partial charge on any atom is -0.0958 e. The lowest BCUT2D eigenvalue weighted by Gasteiger charge is -2.39. The Morgan fingerprint density at radius 1 is 1.19 bits per heavy atom. The molecule has 2 aliphatic carbocycles. The van der Waals surface area contributed by atoms with E-state index < -0.39 is 0 Å². The van der Waals surface area contributed by atoms with Crippen molar-refractivity contribution < 1.29 is 0 Å². The Morgan fingerprint density at radius 2 is 1.93 bits per heavy atom. The topological polar surface area (TPSA) is 0 Å². The molecule has 2 aliphatic rings. The molecule has 0 radical (unpaired) electrons. The van der Waals surface area contributed by atoms with E-state index in [4.69, 9.17) is 0 Å². The molecule has 0 aromatic heterocycles. The first-order chi connectivity index (χ1) is 13.0. The van der Waals surface area contributed by atoms with Crippen LogP contribution in [0.15, 0.2) is 83.5 Å². The van der Waals surface area contributed by atoms with E-state index >= 15 is 0 Å². The number of rotatable bonds is 6. The van der Waals surface area contributed by atoms with Crippen molar-refractivity contribution in [1.29, 1.82) is 0 Å². The summed E-state index contributed by atoms with van der Waals surface area (Å²) in [5.74, 6) is 0.578. The predicted octanol–water partition coefficient (Wildman–Crippen LogP) is 8.07. The van der Waals surface area contributed by atoms with E-state index in [1.165, 1.54) is 23.1 Å². The Labute approximate surface area is 166 Å². The molecule has 2 atom stereocenters. The van der Waals surface area contributed by atoms with Crippen molar-refractivity contribution in [2.75, 3.05) is 0 Å². The summed E-state index contributed by atoms with van der Waals surface area (Å²) in [6.45, 7) is 13.3. The van der Waals surface area contributed by atoms with Gasteiger partial charge in [0.1, 0.15) is 0 Å². The summed E-state index contributed by atoms with van der Waals surface area (Å²) < 4.78 is 0. The van der Waals surface area contributed by atoms with Crippen LogP contribution in [0, 0.1) is 11.3 Å². The van der Waals surface area contributed by atoms with Crippen LogP contribution in [0.3, 0.4) is 0 Å². The Balaban J connectivity index is 2.03. The number of hydrogen-bond acceptors (Lipinski definition) is 0. The van der Waals surface area contributed by atoms with Crippen molar-refractivity contribution in [2.45, 2.75) is 59.8 Å². The highest BCUT2D eigenvalue weighted by molar-refractivity contribution is 5.72. The highest BCUT2D eigenvalue weighted by Gasteiger charge is 2.38. The summed E-state index contributed by atoms with van der Waals surface area (Å²) >= 11 is 0. The van der Waals surface area contributed by atoms with Crippen LogP contribution in [-0.2, 0) is 0 Å². The Bertz CT molecular complexity index is 813. The molecular formula is C27H34. The molecule has 0 bridgehead atoms. The maximum Gasteiger partial charge on any atom is -0.00608 e. The van der Waals surface area contributed by atoms with Gasteiger partial charge in [0, 0.05) is 0 Å². The lowest BCUT2D eigenvalue weighted by atomic mass is 9.65. The van der Waals surface area contributed by atoms with Gasteiger partial charge in [0.15, 0.2) is 0 Å². The lowest BCUT2D eigenvalue weighted by molar-refractivity contribution is 0.282. The minimum atomic E-state index is 0.209. The first-order valence-electron chi connectivity index (χ1n) is 10.5. The molecule has 1 aromatic carbocycles. The van der Waals surface area contributed by atoms with Crippen LogP contribution >= 0.6 is 0 Å². The van der Waals surface area contributed by atoms with E-state index in [1.54, 1.807) is 16.7 Å². The van der Waals surface area contributed by atoms with Gasteiger partial charge in [-0.3, -0.25) is 0 Å². The summed E-state index contributed by atoms with van der Waals surface area (Å²) in [4.78, 5) is 0. The van der Waals surface area contributed by atoms with Gasteiger partial charge in [-0.1, -0.05) is 98.7 Å². The zero-order valence-corrected chi connectivity index (χ0v) is 17.5. The predicted molar refractivity (Wildman–Crippen MR) is 120 cm³/mol. The third kappa shape index (κ3) is 4.10. The van der Waals surface area contributed by atoms with Crippen molar-refractivity contribution in [3.8, 4) is 0 Å². The summed E-state index contributed by atoms with van der Waals surface area (Å²) in [6, 6.07) is 10.9. The van der Waals surface area contributed by atoms with Gasteiger partial charge in [-0.15, -0.1) is 0 Å². The van der Waals surface area contributed by atoms with E-state index in [1.807, 2.05) is 0 Å². The molecule has 27 heavy (non-hydrogen) atoms. The minimum absolute atomic E-state index is 0.209. The van der Waals surface area contributed by atoms with Crippen molar-refractivity contribution in [3.63, 3.8) is 0 Å². The van der Waals surface area contributed by atoms with E-state index in [9.17, 15) is 0 Å². The Hall–Kier alpha value is -2.08. The molecule has 0 saturated heterocycles. The fourth-order valence-corrected chi connectivity index (χ4v) is 4.72. The second-order valence-electron chi connectivity index (χ2n) is 8.37. The molecule has 3 rings (SSSR count). The highest BCUT2D eigenvalue weighted by Crippen LogP contribution is 2.52. The van der Waals surface area contributed by atoms with Gasteiger partial charge >= 0.3 is 0 Å². The zero-order valence-electron chi connectivity index (χ0n) is 17.5. The SMILES string of the molecule is C=C(/C=C1/CC2=C(C1)C(C(C)(C=CC)CC)CC(c1ccccc1)=C2)CC. The Kier molecular flexibility index (Phi) is 6.05. The van der Waals surface area contributed by atoms with Gasteiger partial charge in [0.25, 0.3) is 0 Å². The van der Waals surface area contributed by atoms with Crippen LogP contribution in [0.25, 0.3) is 5.57 Å². The van der Waals surface area contributed by atoms with Crippen LogP contribution in [0.2, 0.25) is 0 Å². The summed E-state index contributed by atoms with van der Waals surface area (Å²) in [6.07, 6.45) is 15.1. The number of hydrogen-bond donors (Lipinski definition) is 0. The van der Waals surface area contributed by atoms with Crippen molar-refractivity contribution in [2.24, 2.45) is 11.3 Å². The summed E-state index contributed by atoms with van der Waals surface area (Å²) in [5.41, 5.74) is 9.11. The molecule has 0 fully saturated rings. The maximum atomic E-state index is 4.21. The first-order valence-corrected chi connectivity index (χ1v) is 10.5. The molecule has 0 heteroatoms. The molecule has 0 aliphatic heterocycles. The number of benzene rings is 1. The molecule has 0 nitrogen and oxygen atoms in total. The normalized spacial score (nSPS) is 23.5. The van der Waals surface area contributed by atoms with E-state index in [-0.39, 0.29) is 5.41 Å². The van der Waals surface area contributed by atoms with Crippen molar-refractivity contribution >= 4 is 5.57 Å². The van der Waals surface area contributed by atoms with Gasteiger partial charge < -0.3 is 0 Å². The molecule has 142 valence electrons. The van der Waals surface area contributed by atoms with Crippen LogP contribution in [0.5, 0.6) is 0 Å². The standard InChI is InChI=1S/C27H34/c1-6-14-27(5,8-3)26-19-23(22-12-10-9-11-13-22)18-24-16-21(17-25(24)26)15-20(4)7-2/h6,9-15,18,26H,4,7-8,16-17,19H2,1-3,5H3/b14-6?,21-15-. The van der Waals surface area contributed by atoms with E-state index in [0.717, 1.165) is 25.7 Å². The average Bonchev–Trinajstić information content (AvgIpc) is 3.09. The third-order valence-corrected chi connectivity index (χ3v) is 6.55. The fourth-order valence-electron chi connectivity index (χ4n) is 4.72. The van der Waals surface area contributed by atoms with Crippen LogP contribution in [-0.4, -0.2) is 0 Å². The molecule has 2 unspecified atom stereocenters. The maximum absolute atomic E-state index is 4.21. The van der Waals surface area contributed by atoms with Gasteiger partial charge in [-0.2, -0.15) is 0 Å². The number of allylic oxidation sites excluding steroid dienone is 9. The van der Waals surface area contributed by atoms with Gasteiger partial charge in [-0.25, -0.2) is 0 Å². The average molecular weight is 359 g/mol. The molecule has 0 N–H and O–H groups in total. The summed E-state index contributed by atoms with van der Waals surface area (Å²) in [7, 11) is 0. The van der Waals surface area contributed by atoms with Gasteiger partial charge in [0.05, 0.1) is 0 Å². The molecule has 1 aromatic rings. The fraction of sp³-hybridized carbons (Fsp3) is 0.407. The van der Waals surface area contributed by atoms with Gasteiger partial charge in [0.2, 0.25) is 0 Å². The summed E-state index contributed by atoms with van der Waals surface area (Å²) in [5, 5.41) is 0. The van der Waals surface area contributed by atoms with E-state index in [0.29, 0.717) is 5.92 Å². The smallest absolute Gasteiger partial charge is 0.00608 e. The Morgan fingerprint density at radius 3 is 2.56 bits per heavy atom. The first kappa shape index (κ1) is 19.7.